The number of hydrogen-bond donors (Lipinski definition) is 0. The fourth-order valence-electron chi connectivity index (χ4n) is 2.98. The van der Waals surface area contributed by atoms with Crippen LogP contribution in [-0.2, 0) is 0 Å². The van der Waals surface area contributed by atoms with Crippen molar-refractivity contribution in [1.29, 1.82) is 0 Å². The first-order valence-electron chi connectivity index (χ1n) is 5.90. The molecule has 0 heteroatoms. The van der Waals surface area contributed by atoms with Gasteiger partial charge >= 0.3 is 0 Å². The van der Waals surface area contributed by atoms with Crippen LogP contribution >= 0.6 is 0 Å². The fourth-order valence-corrected chi connectivity index (χ4v) is 2.98. The van der Waals surface area contributed by atoms with Crippen molar-refractivity contribution >= 4 is 0 Å². The summed E-state index contributed by atoms with van der Waals surface area (Å²) in [5.74, 6) is 3.38. The molecule has 2 aliphatic carbocycles. The van der Waals surface area contributed by atoms with Crippen molar-refractivity contribution in [3.8, 4) is 0 Å². The molecule has 2 saturated carbocycles. The van der Waals surface area contributed by atoms with Gasteiger partial charge in [0.05, 0.1) is 0 Å². The lowest BCUT2D eigenvalue weighted by Gasteiger charge is -2.38. The average Bonchev–Trinajstić information content (AvgIpc) is 2.03. The van der Waals surface area contributed by atoms with Crippen molar-refractivity contribution in [2.24, 2.45) is 17.8 Å². The monoisotopic (exact) mass is 166 g/mol. The van der Waals surface area contributed by atoms with Crippen molar-refractivity contribution in [3.05, 3.63) is 0 Å². The van der Waals surface area contributed by atoms with E-state index < -0.39 is 0 Å². The lowest BCUT2D eigenvalue weighted by Crippen LogP contribution is -2.26. The topological polar surface area (TPSA) is 0 Å². The molecule has 0 aromatic heterocycles. The molecule has 0 atom stereocenters. The Morgan fingerprint density at radius 3 is 1.83 bits per heavy atom. The highest BCUT2D eigenvalue weighted by Gasteiger charge is 2.30. The minimum atomic E-state index is 1.08. The van der Waals surface area contributed by atoms with E-state index in [9.17, 15) is 0 Å². The largest absolute Gasteiger partial charge is 0.0651 e. The molecular weight excluding hydrogens is 144 g/mol. The maximum atomic E-state index is 2.36. The van der Waals surface area contributed by atoms with Gasteiger partial charge in [-0.1, -0.05) is 45.4 Å². The van der Waals surface area contributed by atoms with Gasteiger partial charge in [0.15, 0.2) is 0 Å². The average molecular weight is 166 g/mol. The standard InChI is InChI=1S/C12H22/c1-2-10-6-8-12(9-7-10)11-4-3-5-11/h10-12H,2-9H2,1H3. The predicted molar refractivity (Wildman–Crippen MR) is 53.1 cm³/mol. The Morgan fingerprint density at radius 2 is 1.42 bits per heavy atom. The number of rotatable bonds is 2. The van der Waals surface area contributed by atoms with E-state index >= 15 is 0 Å². The third kappa shape index (κ3) is 1.67. The molecule has 0 heterocycles. The molecule has 0 spiro atoms. The van der Waals surface area contributed by atoms with Gasteiger partial charge in [-0.15, -0.1) is 0 Å². The minimum Gasteiger partial charge on any atom is -0.0651 e. The van der Waals surface area contributed by atoms with Crippen LogP contribution in [0.5, 0.6) is 0 Å². The van der Waals surface area contributed by atoms with Gasteiger partial charge in [-0.05, 0) is 30.6 Å². The summed E-state index contributed by atoms with van der Waals surface area (Å²) in [4.78, 5) is 0. The summed E-state index contributed by atoms with van der Waals surface area (Å²) in [6.07, 6.45) is 12.3. The second-order valence-electron chi connectivity index (χ2n) is 4.88. The van der Waals surface area contributed by atoms with Crippen LogP contribution in [0.3, 0.4) is 0 Å². The Morgan fingerprint density at radius 1 is 0.833 bits per heavy atom. The molecule has 0 aromatic rings. The molecule has 2 aliphatic rings. The second-order valence-corrected chi connectivity index (χ2v) is 4.88. The van der Waals surface area contributed by atoms with Crippen LogP contribution in [0, 0.1) is 17.8 Å². The van der Waals surface area contributed by atoms with E-state index in [2.05, 4.69) is 6.92 Å². The van der Waals surface area contributed by atoms with Crippen molar-refractivity contribution in [3.63, 3.8) is 0 Å². The Balaban J connectivity index is 1.74. The summed E-state index contributed by atoms with van der Waals surface area (Å²) in [5.41, 5.74) is 0. The molecule has 0 nitrogen and oxygen atoms in total. The van der Waals surface area contributed by atoms with Gasteiger partial charge in [0.1, 0.15) is 0 Å². The van der Waals surface area contributed by atoms with Gasteiger partial charge in [-0.2, -0.15) is 0 Å². The first-order valence-corrected chi connectivity index (χ1v) is 5.90. The maximum absolute atomic E-state index is 2.36. The van der Waals surface area contributed by atoms with E-state index in [1.54, 1.807) is 25.7 Å². The SMILES string of the molecule is CCC1CCC(C2CCC2)CC1. The molecule has 0 amide bonds. The quantitative estimate of drug-likeness (QED) is 0.581. The maximum Gasteiger partial charge on any atom is -0.0386 e. The highest BCUT2D eigenvalue weighted by Crippen LogP contribution is 2.42. The molecule has 0 radical (unpaired) electrons. The smallest absolute Gasteiger partial charge is 0.0386 e. The molecule has 0 aromatic carbocycles. The minimum absolute atomic E-state index is 1.08. The van der Waals surface area contributed by atoms with Crippen LogP contribution in [0.4, 0.5) is 0 Å². The van der Waals surface area contributed by atoms with E-state index in [-0.39, 0.29) is 0 Å². The van der Waals surface area contributed by atoms with Crippen LogP contribution in [0.2, 0.25) is 0 Å². The van der Waals surface area contributed by atoms with Gasteiger partial charge in [0.2, 0.25) is 0 Å². The van der Waals surface area contributed by atoms with Gasteiger partial charge in [-0.3, -0.25) is 0 Å². The molecule has 0 aliphatic heterocycles. The first-order chi connectivity index (χ1) is 5.90. The van der Waals surface area contributed by atoms with Gasteiger partial charge in [-0.25, -0.2) is 0 Å². The summed E-state index contributed by atoms with van der Waals surface area (Å²) in [5, 5.41) is 0. The summed E-state index contributed by atoms with van der Waals surface area (Å²) in [7, 11) is 0. The second kappa shape index (κ2) is 3.81. The van der Waals surface area contributed by atoms with Crippen LogP contribution in [0.1, 0.15) is 58.3 Å². The van der Waals surface area contributed by atoms with Crippen LogP contribution < -0.4 is 0 Å². The van der Waals surface area contributed by atoms with Gasteiger partial charge in [0.25, 0.3) is 0 Å². The molecule has 12 heavy (non-hydrogen) atoms. The molecule has 2 rings (SSSR count). The van der Waals surface area contributed by atoms with Crippen LogP contribution in [-0.4, -0.2) is 0 Å². The summed E-state index contributed by atoms with van der Waals surface area (Å²) < 4.78 is 0. The highest BCUT2D eigenvalue weighted by atomic mass is 14.4. The molecule has 0 N–H and O–H groups in total. The molecule has 0 saturated heterocycles. The highest BCUT2D eigenvalue weighted by molar-refractivity contribution is 4.81. The van der Waals surface area contributed by atoms with Crippen LogP contribution in [0.15, 0.2) is 0 Å². The zero-order valence-corrected chi connectivity index (χ0v) is 8.39. The third-order valence-corrected chi connectivity index (χ3v) is 4.29. The molecular formula is C12H22. The Bertz CT molecular complexity index is 127. The first kappa shape index (κ1) is 8.59. The fraction of sp³-hybridized carbons (Fsp3) is 1.00. The molecule has 0 bridgehead atoms. The van der Waals surface area contributed by atoms with E-state index in [4.69, 9.17) is 0 Å². The zero-order chi connectivity index (χ0) is 8.39. The normalized spacial score (nSPS) is 37.8. The molecule has 2 fully saturated rings. The predicted octanol–water partition coefficient (Wildman–Crippen LogP) is 4.00. The number of hydrogen-bond acceptors (Lipinski definition) is 0. The van der Waals surface area contributed by atoms with Crippen molar-refractivity contribution in [1.82, 2.24) is 0 Å². The summed E-state index contributed by atoms with van der Waals surface area (Å²) in [6, 6.07) is 0. The van der Waals surface area contributed by atoms with E-state index in [0.717, 1.165) is 17.8 Å². The van der Waals surface area contributed by atoms with Gasteiger partial charge in [0, 0.05) is 0 Å². The zero-order valence-electron chi connectivity index (χ0n) is 8.39. The lowest BCUT2D eigenvalue weighted by atomic mass is 9.68. The van der Waals surface area contributed by atoms with E-state index in [1.807, 2.05) is 0 Å². The Kier molecular flexibility index (Phi) is 2.73. The lowest BCUT2D eigenvalue weighted by molar-refractivity contribution is 0.137. The molecule has 70 valence electrons. The van der Waals surface area contributed by atoms with Crippen molar-refractivity contribution in [2.45, 2.75) is 58.3 Å². The van der Waals surface area contributed by atoms with Gasteiger partial charge < -0.3 is 0 Å². The van der Waals surface area contributed by atoms with Crippen molar-refractivity contribution in [2.75, 3.05) is 0 Å². The summed E-state index contributed by atoms with van der Waals surface area (Å²) >= 11 is 0. The Labute approximate surface area is 76.7 Å². The third-order valence-electron chi connectivity index (χ3n) is 4.29. The Hall–Kier alpha value is 0. The summed E-state index contributed by atoms with van der Waals surface area (Å²) in [6.45, 7) is 2.36. The molecule has 0 unspecified atom stereocenters. The van der Waals surface area contributed by atoms with E-state index in [1.165, 1.54) is 25.7 Å². The van der Waals surface area contributed by atoms with E-state index in [0.29, 0.717) is 0 Å². The van der Waals surface area contributed by atoms with Crippen molar-refractivity contribution < 1.29 is 0 Å². The van der Waals surface area contributed by atoms with Crippen LogP contribution in [0.25, 0.3) is 0 Å².